The lowest BCUT2D eigenvalue weighted by Crippen LogP contribution is -2.32. The lowest BCUT2D eigenvalue weighted by atomic mass is 9.92. The second kappa shape index (κ2) is 15.7. The highest BCUT2D eigenvalue weighted by Gasteiger charge is 2.57. The number of benzene rings is 2. The predicted octanol–water partition coefficient (Wildman–Crippen LogP) is 6.33. The molecule has 1 atom stereocenters. The Morgan fingerprint density at radius 1 is 0.956 bits per heavy atom. The van der Waals surface area contributed by atoms with Gasteiger partial charge in [-0.05, 0) is 73.8 Å². The van der Waals surface area contributed by atoms with Gasteiger partial charge in [-0.15, -0.1) is 0 Å². The molecule has 13 heteroatoms. The fourth-order valence-corrected chi connectivity index (χ4v) is 5.68. The number of hydrogen-bond donors (Lipinski definition) is 4. The van der Waals surface area contributed by atoms with Crippen LogP contribution in [-0.2, 0) is 28.2 Å². The average molecular weight is 648 g/mol. The number of carbonyl (C=O) groups excluding carboxylic acids is 3. The molecule has 4 N–H and O–H groups in total. The number of amides is 2. The van der Waals surface area contributed by atoms with Gasteiger partial charge < -0.3 is 34.8 Å². The van der Waals surface area contributed by atoms with E-state index in [0.29, 0.717) is 29.6 Å². The van der Waals surface area contributed by atoms with E-state index in [0.717, 1.165) is 29.9 Å². The van der Waals surface area contributed by atoms with E-state index in [4.69, 9.17) is 19.3 Å². The van der Waals surface area contributed by atoms with Gasteiger partial charge in [-0.2, -0.15) is 0 Å². The molecule has 1 aliphatic carbocycles. The first-order valence-corrected chi connectivity index (χ1v) is 16.8. The third kappa shape index (κ3) is 11.5. The van der Waals surface area contributed by atoms with Gasteiger partial charge in [0.05, 0.1) is 17.8 Å². The molecule has 2 amide bonds. The molecular weight excluding hydrogens is 601 g/mol. The number of hydrogen-bond acceptors (Lipinski definition) is 8. The van der Waals surface area contributed by atoms with Crippen molar-refractivity contribution < 1.29 is 42.7 Å². The average Bonchev–Trinajstić information content (AvgIpc) is 3.71. The second-order valence-electron chi connectivity index (χ2n) is 12.4. The maximum atomic E-state index is 13.1. The van der Waals surface area contributed by atoms with E-state index in [9.17, 15) is 18.9 Å². The number of phosphoric acid groups is 1. The zero-order valence-corrected chi connectivity index (χ0v) is 27.8. The van der Waals surface area contributed by atoms with Crippen molar-refractivity contribution in [2.24, 2.45) is 11.8 Å². The van der Waals surface area contributed by atoms with Crippen LogP contribution in [0.15, 0.2) is 42.5 Å². The third-order valence-corrected chi connectivity index (χ3v) is 7.83. The summed E-state index contributed by atoms with van der Waals surface area (Å²) < 4.78 is 25.7. The zero-order valence-electron chi connectivity index (χ0n) is 26.9. The maximum absolute atomic E-state index is 13.1. The first-order chi connectivity index (χ1) is 21.1. The van der Waals surface area contributed by atoms with Gasteiger partial charge in [0, 0.05) is 18.8 Å². The van der Waals surface area contributed by atoms with Gasteiger partial charge in [-0.3, -0.25) is 9.32 Å². The van der Waals surface area contributed by atoms with Crippen LogP contribution in [0.3, 0.4) is 0 Å². The summed E-state index contributed by atoms with van der Waals surface area (Å²) in [4.78, 5) is 58.4. The van der Waals surface area contributed by atoms with Crippen molar-refractivity contribution in [3.05, 3.63) is 53.6 Å². The molecule has 2 aromatic rings. The Hall–Kier alpha value is -3.44. The molecule has 0 aromatic heterocycles. The molecular formula is C32H46N3O9P. The quantitative estimate of drug-likeness (QED) is 0.0920. The Morgan fingerprint density at radius 2 is 1.58 bits per heavy atom. The van der Waals surface area contributed by atoms with Crippen molar-refractivity contribution >= 4 is 42.9 Å². The van der Waals surface area contributed by atoms with E-state index in [1.807, 2.05) is 56.3 Å². The minimum absolute atomic E-state index is 0.0196. The van der Waals surface area contributed by atoms with Crippen molar-refractivity contribution in [3.8, 4) is 0 Å². The SMILES string of the molecule is CCC(CC(=O)OCOC(=O)C1(OP(=O)(O)O)CC1)c1ccc(N(CC(C)C)CC(C)C)c(NC(=O)Nc2ccc(C)cc2)c1. The van der Waals surface area contributed by atoms with Crippen molar-refractivity contribution in [2.75, 3.05) is 35.4 Å². The standard InChI is InChI=1S/C32H46N3O9P/c1-7-24(17-29(36)42-20-43-30(37)32(14-15-32)44-45(39,40)41)25-10-13-28(35(18-21(2)3)19-22(4)5)27(16-25)34-31(38)33-26-11-8-23(6)9-12-26/h8-13,16,21-22,24H,7,14-15,17-20H2,1-6H3,(H2,33,34,38)(H2,39,40,41). The molecule has 0 aliphatic heterocycles. The first kappa shape index (κ1) is 36.0. The molecule has 0 saturated heterocycles. The number of ether oxygens (including phenoxy) is 2. The molecule has 45 heavy (non-hydrogen) atoms. The Bertz CT molecular complexity index is 1360. The van der Waals surface area contributed by atoms with Crippen LogP contribution in [0.25, 0.3) is 0 Å². The Labute approximate surface area is 265 Å². The van der Waals surface area contributed by atoms with Crippen LogP contribution >= 0.6 is 7.82 Å². The number of phosphoric ester groups is 1. The van der Waals surface area contributed by atoms with Gasteiger partial charge >= 0.3 is 25.8 Å². The van der Waals surface area contributed by atoms with Crippen LogP contribution in [0.1, 0.15) is 77.3 Å². The van der Waals surface area contributed by atoms with Crippen LogP contribution in [0.4, 0.5) is 21.9 Å². The van der Waals surface area contributed by atoms with E-state index in [1.165, 1.54) is 0 Å². The number of aryl methyl sites for hydroxylation is 1. The molecule has 248 valence electrons. The number of esters is 2. The highest BCUT2D eigenvalue weighted by molar-refractivity contribution is 7.46. The first-order valence-electron chi connectivity index (χ1n) is 15.2. The fourth-order valence-electron chi connectivity index (χ4n) is 4.97. The summed E-state index contributed by atoms with van der Waals surface area (Å²) in [6.45, 7) is 13.3. The molecule has 0 radical (unpaired) electrons. The lowest BCUT2D eigenvalue weighted by molar-refractivity contribution is -0.174. The molecule has 0 bridgehead atoms. The third-order valence-electron chi connectivity index (χ3n) is 7.25. The van der Waals surface area contributed by atoms with Crippen LogP contribution in [0.5, 0.6) is 0 Å². The monoisotopic (exact) mass is 647 g/mol. The predicted molar refractivity (Wildman–Crippen MR) is 172 cm³/mol. The molecule has 1 unspecified atom stereocenters. The molecule has 0 spiro atoms. The van der Waals surface area contributed by atoms with E-state index >= 15 is 0 Å². The van der Waals surface area contributed by atoms with Crippen molar-refractivity contribution in [3.63, 3.8) is 0 Å². The molecule has 0 heterocycles. The number of nitrogens with zero attached hydrogens (tertiary/aromatic N) is 1. The fraction of sp³-hybridized carbons (Fsp3) is 0.531. The van der Waals surface area contributed by atoms with Crippen molar-refractivity contribution in [2.45, 2.75) is 78.7 Å². The molecule has 2 aromatic carbocycles. The van der Waals surface area contributed by atoms with Gasteiger partial charge in [0.15, 0.2) is 5.60 Å². The normalized spacial score (nSPS) is 14.5. The lowest BCUT2D eigenvalue weighted by Gasteiger charge is -2.31. The summed E-state index contributed by atoms with van der Waals surface area (Å²) in [6, 6.07) is 12.9. The second-order valence-corrected chi connectivity index (χ2v) is 13.5. The number of rotatable bonds is 16. The maximum Gasteiger partial charge on any atom is 0.470 e. The van der Waals surface area contributed by atoms with E-state index < -0.39 is 38.2 Å². The van der Waals surface area contributed by atoms with Crippen molar-refractivity contribution in [1.29, 1.82) is 0 Å². The van der Waals surface area contributed by atoms with Crippen LogP contribution < -0.4 is 15.5 Å². The van der Waals surface area contributed by atoms with Gasteiger partial charge in [-0.1, -0.05) is 58.4 Å². The van der Waals surface area contributed by atoms with Gasteiger partial charge in [-0.25, -0.2) is 14.2 Å². The highest BCUT2D eigenvalue weighted by atomic mass is 31.2. The summed E-state index contributed by atoms with van der Waals surface area (Å²) >= 11 is 0. The minimum atomic E-state index is -4.89. The van der Waals surface area contributed by atoms with Gasteiger partial charge in [0.25, 0.3) is 0 Å². The summed E-state index contributed by atoms with van der Waals surface area (Å²) in [5.74, 6) is -1.12. The van der Waals surface area contributed by atoms with Crippen LogP contribution in [0, 0.1) is 18.8 Å². The van der Waals surface area contributed by atoms with Crippen LogP contribution in [-0.4, -0.2) is 53.2 Å². The van der Waals surface area contributed by atoms with E-state index in [-0.39, 0.29) is 25.2 Å². The topological polar surface area (TPSA) is 164 Å². The summed E-state index contributed by atoms with van der Waals surface area (Å²) in [7, 11) is -4.89. The van der Waals surface area contributed by atoms with Gasteiger partial charge in [0.1, 0.15) is 0 Å². The van der Waals surface area contributed by atoms with Crippen LogP contribution in [0.2, 0.25) is 0 Å². The largest absolute Gasteiger partial charge is 0.470 e. The minimum Gasteiger partial charge on any atom is -0.428 e. The van der Waals surface area contributed by atoms with Gasteiger partial charge in [0.2, 0.25) is 6.79 Å². The Kier molecular flexibility index (Phi) is 12.6. The zero-order chi connectivity index (χ0) is 33.4. The van der Waals surface area contributed by atoms with Crippen molar-refractivity contribution in [1.82, 2.24) is 0 Å². The molecule has 1 aliphatic rings. The summed E-state index contributed by atoms with van der Waals surface area (Å²) in [6.07, 6.45) is 0.770. The number of urea groups is 1. The number of nitrogens with one attached hydrogen (secondary N) is 2. The number of carbonyl (C=O) groups is 3. The Morgan fingerprint density at radius 3 is 2.11 bits per heavy atom. The highest BCUT2D eigenvalue weighted by Crippen LogP contribution is 2.52. The Balaban J connectivity index is 1.75. The summed E-state index contributed by atoms with van der Waals surface area (Å²) in [5, 5.41) is 5.91. The molecule has 1 saturated carbocycles. The number of anilines is 3. The van der Waals surface area contributed by atoms with E-state index in [2.05, 4.69) is 47.8 Å². The molecule has 1 fully saturated rings. The summed E-state index contributed by atoms with van der Waals surface area (Å²) in [5.41, 5.74) is 2.34. The molecule has 3 rings (SSSR count). The smallest absolute Gasteiger partial charge is 0.428 e. The van der Waals surface area contributed by atoms with E-state index in [1.54, 1.807) is 0 Å². The molecule has 12 nitrogen and oxygen atoms in total.